The smallest absolute Gasteiger partial charge is 0.229 e. The van der Waals surface area contributed by atoms with Crippen molar-refractivity contribution in [2.45, 2.75) is 25.7 Å². The Kier molecular flexibility index (Phi) is 7.27. The van der Waals surface area contributed by atoms with E-state index >= 15 is 0 Å². The second-order valence-corrected chi connectivity index (χ2v) is 12.1. The minimum atomic E-state index is -2.95. The van der Waals surface area contributed by atoms with Crippen LogP contribution >= 0.6 is 11.6 Å². The Morgan fingerprint density at radius 2 is 1.97 bits per heavy atom. The highest BCUT2D eigenvalue weighted by atomic mass is 35.5. The predicted octanol–water partition coefficient (Wildman–Crippen LogP) is 4.42. The summed E-state index contributed by atoms with van der Waals surface area (Å²) in [6.07, 6.45) is 6.56. The van der Waals surface area contributed by atoms with Gasteiger partial charge >= 0.3 is 0 Å². The molecule has 4 aromatic rings. The van der Waals surface area contributed by atoms with Crippen LogP contribution in [0.25, 0.3) is 10.9 Å². The Hall–Kier alpha value is -3.28. The van der Waals surface area contributed by atoms with Crippen LogP contribution in [0.3, 0.4) is 0 Å². The zero-order valence-corrected chi connectivity index (χ0v) is 22.3. The maximum atomic E-state index is 11.5. The summed E-state index contributed by atoms with van der Waals surface area (Å²) in [5, 5.41) is 14.9. The second-order valence-electron chi connectivity index (χ2n) is 9.42. The topological polar surface area (TPSA) is 129 Å². The van der Waals surface area contributed by atoms with E-state index in [-0.39, 0.29) is 5.75 Å². The first-order valence-electron chi connectivity index (χ1n) is 12.1. The molecule has 1 aromatic carbocycles. The number of rotatable bonds is 8. The number of aromatic amines is 1. The molecule has 3 N–H and O–H groups in total. The van der Waals surface area contributed by atoms with Gasteiger partial charge in [0.15, 0.2) is 11.6 Å². The number of hydrogen-bond donors (Lipinski definition) is 3. The average Bonchev–Trinajstić information content (AvgIpc) is 3.29. The van der Waals surface area contributed by atoms with Crippen LogP contribution in [-0.4, -0.2) is 70.1 Å². The van der Waals surface area contributed by atoms with Crippen molar-refractivity contribution in [1.29, 1.82) is 0 Å². The lowest BCUT2D eigenvalue weighted by Crippen LogP contribution is -2.36. The standard InChI is InChI=1S/C25H29ClN8O2S/c1-16-14-22(33-32-16)30-24-20(26)15-28-25(31-24)29-21-6-5-18(19-4-3-9-27-23(19)21)17-7-10-34(11-8-17)12-13-37(2,35)36/h3-6,9,14-15,17H,7-8,10-13H2,1-2H3,(H3,28,29,30,31,32,33). The summed E-state index contributed by atoms with van der Waals surface area (Å²) >= 11 is 6.31. The molecule has 0 unspecified atom stereocenters. The molecular formula is C25H29ClN8O2S. The van der Waals surface area contributed by atoms with Gasteiger partial charge in [0.1, 0.15) is 14.9 Å². The first-order chi connectivity index (χ1) is 17.7. The van der Waals surface area contributed by atoms with Gasteiger partial charge in [-0.15, -0.1) is 0 Å². The average molecular weight is 541 g/mol. The third kappa shape index (κ3) is 6.17. The second kappa shape index (κ2) is 10.6. The molecule has 0 radical (unpaired) electrons. The molecule has 3 aromatic heterocycles. The van der Waals surface area contributed by atoms with Crippen LogP contribution in [0.5, 0.6) is 0 Å². The predicted molar refractivity (Wildman–Crippen MR) is 147 cm³/mol. The van der Waals surface area contributed by atoms with E-state index in [2.05, 4.69) is 52.8 Å². The maximum absolute atomic E-state index is 11.5. The number of hydrogen-bond acceptors (Lipinski definition) is 9. The summed E-state index contributed by atoms with van der Waals surface area (Å²) in [6, 6.07) is 10.1. The van der Waals surface area contributed by atoms with Crippen molar-refractivity contribution < 1.29 is 8.42 Å². The molecular weight excluding hydrogens is 512 g/mol. The Labute approximate surface area is 220 Å². The molecule has 1 aliphatic heterocycles. The Morgan fingerprint density at radius 3 is 2.70 bits per heavy atom. The van der Waals surface area contributed by atoms with Crippen LogP contribution < -0.4 is 10.6 Å². The number of aryl methyl sites for hydroxylation is 1. The number of likely N-dealkylation sites (tertiary alicyclic amines) is 1. The van der Waals surface area contributed by atoms with Crippen LogP contribution in [0.1, 0.15) is 30.0 Å². The Bertz CT molecular complexity index is 1520. The van der Waals surface area contributed by atoms with Crippen molar-refractivity contribution in [3.8, 4) is 0 Å². The summed E-state index contributed by atoms with van der Waals surface area (Å²) < 4.78 is 23.0. The van der Waals surface area contributed by atoms with Gasteiger partial charge in [-0.25, -0.2) is 13.4 Å². The third-order valence-electron chi connectivity index (χ3n) is 6.55. The molecule has 5 rings (SSSR count). The SMILES string of the molecule is Cc1cc(Nc2nc(Nc3ccc(C4CCN(CCS(C)(=O)=O)CC4)c4cccnc34)ncc2Cl)n[nH]1. The number of halogens is 1. The molecule has 0 atom stereocenters. The van der Waals surface area contributed by atoms with E-state index in [9.17, 15) is 8.42 Å². The van der Waals surface area contributed by atoms with Crippen molar-refractivity contribution in [3.63, 3.8) is 0 Å². The van der Waals surface area contributed by atoms with Gasteiger partial charge in [0.05, 0.1) is 23.2 Å². The molecule has 0 aliphatic carbocycles. The van der Waals surface area contributed by atoms with E-state index < -0.39 is 9.84 Å². The van der Waals surface area contributed by atoms with E-state index in [4.69, 9.17) is 11.6 Å². The number of aromatic nitrogens is 5. The molecule has 1 aliphatic rings. The van der Waals surface area contributed by atoms with Crippen LogP contribution in [0.2, 0.25) is 5.02 Å². The molecule has 10 nitrogen and oxygen atoms in total. The summed E-state index contributed by atoms with van der Waals surface area (Å²) in [6.45, 7) is 4.27. The summed E-state index contributed by atoms with van der Waals surface area (Å²) in [4.78, 5) is 15.8. The highest BCUT2D eigenvalue weighted by Gasteiger charge is 2.23. The molecule has 4 heterocycles. The number of H-pyrrole nitrogens is 1. The lowest BCUT2D eigenvalue weighted by atomic mass is 9.87. The van der Waals surface area contributed by atoms with E-state index in [0.29, 0.717) is 35.1 Å². The number of nitrogens with one attached hydrogen (secondary N) is 3. The summed E-state index contributed by atoms with van der Waals surface area (Å²) in [5.74, 6) is 2.04. The van der Waals surface area contributed by atoms with E-state index in [1.807, 2.05) is 25.1 Å². The molecule has 1 saturated heterocycles. The van der Waals surface area contributed by atoms with Crippen LogP contribution in [0.15, 0.2) is 42.7 Å². The Balaban J connectivity index is 1.34. The lowest BCUT2D eigenvalue weighted by molar-refractivity contribution is 0.224. The highest BCUT2D eigenvalue weighted by Crippen LogP contribution is 2.36. The summed E-state index contributed by atoms with van der Waals surface area (Å²) in [5.41, 5.74) is 3.82. The number of nitrogens with zero attached hydrogens (tertiary/aromatic N) is 5. The van der Waals surface area contributed by atoms with Crippen molar-refractivity contribution in [2.24, 2.45) is 0 Å². The minimum absolute atomic E-state index is 0.205. The van der Waals surface area contributed by atoms with Gasteiger partial charge in [-0.3, -0.25) is 10.1 Å². The third-order valence-corrected chi connectivity index (χ3v) is 7.75. The van der Waals surface area contributed by atoms with Crippen molar-refractivity contribution in [2.75, 3.05) is 42.3 Å². The fourth-order valence-corrected chi connectivity index (χ4v) is 5.38. The zero-order valence-electron chi connectivity index (χ0n) is 20.7. The maximum Gasteiger partial charge on any atom is 0.229 e. The fourth-order valence-electron chi connectivity index (χ4n) is 4.65. The number of benzene rings is 1. The molecule has 0 amide bonds. The first-order valence-corrected chi connectivity index (χ1v) is 14.6. The Morgan fingerprint density at radius 1 is 1.16 bits per heavy atom. The van der Waals surface area contributed by atoms with E-state index in [1.54, 1.807) is 12.4 Å². The number of piperidine rings is 1. The monoisotopic (exact) mass is 540 g/mol. The van der Waals surface area contributed by atoms with Gasteiger partial charge in [0.2, 0.25) is 5.95 Å². The van der Waals surface area contributed by atoms with Gasteiger partial charge in [0.25, 0.3) is 0 Å². The van der Waals surface area contributed by atoms with Crippen molar-refractivity contribution in [3.05, 3.63) is 59.0 Å². The van der Waals surface area contributed by atoms with Crippen LogP contribution in [-0.2, 0) is 9.84 Å². The van der Waals surface area contributed by atoms with Gasteiger partial charge in [-0.1, -0.05) is 23.7 Å². The van der Waals surface area contributed by atoms with E-state index in [1.165, 1.54) is 11.8 Å². The van der Waals surface area contributed by atoms with Gasteiger partial charge in [0, 0.05) is 36.1 Å². The van der Waals surface area contributed by atoms with Crippen molar-refractivity contribution >= 4 is 55.6 Å². The molecule has 0 saturated carbocycles. The van der Waals surface area contributed by atoms with Crippen molar-refractivity contribution in [1.82, 2.24) is 30.0 Å². The lowest BCUT2D eigenvalue weighted by Gasteiger charge is -2.32. The number of fused-ring (bicyclic) bond motifs is 1. The molecule has 194 valence electrons. The molecule has 0 bridgehead atoms. The zero-order chi connectivity index (χ0) is 26.0. The molecule has 1 fully saturated rings. The largest absolute Gasteiger partial charge is 0.322 e. The molecule has 0 spiro atoms. The van der Waals surface area contributed by atoms with Gasteiger partial charge < -0.3 is 15.5 Å². The summed E-state index contributed by atoms with van der Waals surface area (Å²) in [7, 11) is -2.95. The number of pyridine rings is 1. The van der Waals surface area contributed by atoms with Gasteiger partial charge in [-0.2, -0.15) is 10.1 Å². The quantitative estimate of drug-likeness (QED) is 0.297. The van der Waals surface area contributed by atoms with Crippen LogP contribution in [0, 0.1) is 6.92 Å². The van der Waals surface area contributed by atoms with E-state index in [0.717, 1.165) is 48.2 Å². The molecule has 12 heteroatoms. The number of anilines is 4. The fraction of sp³-hybridized carbons (Fsp3) is 0.360. The number of sulfone groups is 1. The van der Waals surface area contributed by atoms with Crippen LogP contribution in [0.4, 0.5) is 23.3 Å². The molecule has 37 heavy (non-hydrogen) atoms. The highest BCUT2D eigenvalue weighted by molar-refractivity contribution is 7.90. The van der Waals surface area contributed by atoms with Gasteiger partial charge in [-0.05, 0) is 56.5 Å². The normalized spacial score (nSPS) is 15.2. The minimum Gasteiger partial charge on any atom is -0.322 e. The first kappa shape index (κ1) is 25.4.